The van der Waals surface area contributed by atoms with Crippen LogP contribution in [-0.2, 0) is 9.47 Å². The molecule has 2 aliphatic heterocycles. The highest BCUT2D eigenvalue weighted by atomic mass is 16.7. The lowest BCUT2D eigenvalue weighted by Gasteiger charge is -2.39. The van der Waals surface area contributed by atoms with E-state index >= 15 is 0 Å². The average Bonchev–Trinajstić information content (AvgIpc) is 2.91. The van der Waals surface area contributed by atoms with Gasteiger partial charge < -0.3 is 39.1 Å². The lowest BCUT2D eigenvalue weighted by Crippen LogP contribution is -2.60. The number of hydrogen-bond donors (Lipinski definition) is 4. The van der Waals surface area contributed by atoms with Gasteiger partial charge in [-0.05, 0) is 35.9 Å². The third-order valence-electron chi connectivity index (χ3n) is 6.37. The van der Waals surface area contributed by atoms with Gasteiger partial charge in [-0.2, -0.15) is 0 Å². The molecular weight excluding hydrogens is 484 g/mol. The number of carbonyl (C=O) groups excluding carboxylic acids is 1. The second kappa shape index (κ2) is 9.92. The number of ether oxygens (including phenoxy) is 3. The van der Waals surface area contributed by atoms with E-state index in [1.807, 2.05) is 0 Å². The molecule has 2 aromatic rings. The van der Waals surface area contributed by atoms with E-state index in [1.54, 1.807) is 42.5 Å². The summed E-state index contributed by atoms with van der Waals surface area (Å²) in [6.07, 6.45) is -7.22. The second-order valence-electron chi connectivity index (χ2n) is 8.65. The Morgan fingerprint density at radius 1 is 0.946 bits per heavy atom. The Hall–Kier alpha value is -3.80. The Balaban J connectivity index is 1.64. The number of rotatable bonds is 5. The maximum absolute atomic E-state index is 12.5. The molecule has 4 N–H and O–H groups in total. The number of fused-ring (bicyclic) bond motifs is 2. The molecule has 5 rings (SSSR count). The van der Waals surface area contributed by atoms with E-state index in [-0.39, 0.29) is 16.9 Å². The quantitative estimate of drug-likeness (QED) is 0.230. The van der Waals surface area contributed by atoms with Gasteiger partial charge in [-0.1, -0.05) is 18.2 Å². The first-order valence-corrected chi connectivity index (χ1v) is 11.5. The summed E-state index contributed by atoms with van der Waals surface area (Å²) in [7, 11) is 1.29. The summed E-state index contributed by atoms with van der Waals surface area (Å²) in [6, 6.07) is 16.1. The van der Waals surface area contributed by atoms with Gasteiger partial charge in [-0.3, -0.25) is 4.79 Å². The van der Waals surface area contributed by atoms with Crippen LogP contribution >= 0.6 is 0 Å². The van der Waals surface area contributed by atoms with Crippen molar-refractivity contribution in [2.45, 2.75) is 30.7 Å². The fourth-order valence-electron chi connectivity index (χ4n) is 4.50. The molecule has 5 atom stereocenters. The van der Waals surface area contributed by atoms with Gasteiger partial charge in [0.15, 0.2) is 5.43 Å². The van der Waals surface area contributed by atoms with Crippen molar-refractivity contribution in [1.29, 1.82) is 0 Å². The molecule has 0 spiro atoms. The predicted molar refractivity (Wildman–Crippen MR) is 130 cm³/mol. The zero-order valence-corrected chi connectivity index (χ0v) is 19.6. The van der Waals surface area contributed by atoms with Crippen LogP contribution in [0.3, 0.4) is 0 Å². The van der Waals surface area contributed by atoms with Crippen molar-refractivity contribution in [3.8, 4) is 28.2 Å². The van der Waals surface area contributed by atoms with Gasteiger partial charge in [0, 0.05) is 28.6 Å². The van der Waals surface area contributed by atoms with Crippen molar-refractivity contribution < 1.29 is 43.8 Å². The largest absolute Gasteiger partial charge is 0.465 e. The number of carbonyl (C=O) groups is 1. The highest BCUT2D eigenvalue weighted by molar-refractivity contribution is 6.07. The summed E-state index contributed by atoms with van der Waals surface area (Å²) in [5, 5.41) is 40.4. The van der Waals surface area contributed by atoms with Crippen LogP contribution in [0.4, 0.5) is 0 Å². The van der Waals surface area contributed by atoms with E-state index in [2.05, 4.69) is 0 Å². The Morgan fingerprint density at radius 3 is 2.49 bits per heavy atom. The first-order chi connectivity index (χ1) is 17.8. The molecule has 0 amide bonds. The molecule has 3 aliphatic rings. The molecule has 2 heterocycles. The lowest BCUT2D eigenvalue weighted by atomic mass is 9.91. The minimum atomic E-state index is -1.60. The van der Waals surface area contributed by atoms with E-state index in [0.29, 0.717) is 33.2 Å². The van der Waals surface area contributed by atoms with Crippen molar-refractivity contribution in [2.24, 2.45) is 0 Å². The molecular formula is C27H24O10. The molecule has 1 saturated heterocycles. The molecule has 0 aromatic heterocycles. The van der Waals surface area contributed by atoms with Gasteiger partial charge in [0.1, 0.15) is 41.5 Å². The maximum Gasteiger partial charge on any atom is 0.338 e. The van der Waals surface area contributed by atoms with Gasteiger partial charge in [-0.15, -0.1) is 0 Å². The van der Waals surface area contributed by atoms with Crippen LogP contribution in [-0.4, -0.2) is 70.8 Å². The van der Waals surface area contributed by atoms with Crippen molar-refractivity contribution in [3.05, 3.63) is 76.5 Å². The smallest absolute Gasteiger partial charge is 0.338 e. The van der Waals surface area contributed by atoms with Crippen molar-refractivity contribution in [1.82, 2.24) is 0 Å². The van der Waals surface area contributed by atoms with Crippen molar-refractivity contribution in [2.75, 3.05) is 13.7 Å². The highest BCUT2D eigenvalue weighted by Crippen LogP contribution is 2.42. The van der Waals surface area contributed by atoms with E-state index in [1.165, 1.54) is 25.3 Å². The normalized spacial score (nSPS) is 23.8. The van der Waals surface area contributed by atoms with Gasteiger partial charge in [-0.25, -0.2) is 4.79 Å². The zero-order chi connectivity index (χ0) is 26.3. The minimum Gasteiger partial charge on any atom is -0.465 e. The molecule has 10 nitrogen and oxygen atoms in total. The van der Waals surface area contributed by atoms with Gasteiger partial charge in [0.05, 0.1) is 19.3 Å². The summed E-state index contributed by atoms with van der Waals surface area (Å²) in [5.41, 5.74) is 2.17. The summed E-state index contributed by atoms with van der Waals surface area (Å²) >= 11 is 0. The van der Waals surface area contributed by atoms with E-state index in [4.69, 9.17) is 18.6 Å². The number of aliphatic hydroxyl groups excluding tert-OH is 4. The molecule has 37 heavy (non-hydrogen) atoms. The van der Waals surface area contributed by atoms with E-state index in [9.17, 15) is 30.0 Å². The molecule has 0 saturated carbocycles. The Bertz CT molecular complexity index is 1480. The molecule has 1 aliphatic carbocycles. The fraction of sp³-hybridized carbons (Fsp3) is 0.259. The van der Waals surface area contributed by atoms with Crippen LogP contribution in [0.2, 0.25) is 0 Å². The van der Waals surface area contributed by atoms with E-state index < -0.39 is 43.3 Å². The predicted octanol–water partition coefficient (Wildman–Crippen LogP) is 1.53. The minimum absolute atomic E-state index is 0.186. The van der Waals surface area contributed by atoms with Gasteiger partial charge in [0.2, 0.25) is 6.29 Å². The van der Waals surface area contributed by atoms with Gasteiger partial charge in [0.25, 0.3) is 0 Å². The molecule has 192 valence electrons. The number of methoxy groups -OCH3 is 1. The first kappa shape index (κ1) is 24.9. The molecule has 0 unspecified atom stereocenters. The van der Waals surface area contributed by atoms with Crippen LogP contribution in [0.15, 0.2) is 69.9 Å². The van der Waals surface area contributed by atoms with Crippen LogP contribution in [0.5, 0.6) is 5.75 Å². The van der Waals surface area contributed by atoms with Crippen molar-refractivity contribution in [3.63, 3.8) is 0 Å². The average molecular weight is 508 g/mol. The topological polar surface area (TPSA) is 156 Å². The van der Waals surface area contributed by atoms with Crippen LogP contribution < -0.4 is 10.2 Å². The lowest BCUT2D eigenvalue weighted by molar-refractivity contribution is -0.277. The summed E-state index contributed by atoms with van der Waals surface area (Å²) < 4.78 is 22.1. The molecule has 2 aromatic carbocycles. The third-order valence-corrected chi connectivity index (χ3v) is 6.37. The number of esters is 1. The Labute approximate surface area is 210 Å². The number of benzene rings is 3. The number of aliphatic hydroxyl groups is 4. The van der Waals surface area contributed by atoms with Crippen molar-refractivity contribution >= 4 is 16.9 Å². The summed E-state index contributed by atoms with van der Waals surface area (Å²) in [6.45, 7) is -0.593. The first-order valence-electron chi connectivity index (χ1n) is 11.5. The zero-order valence-electron chi connectivity index (χ0n) is 19.6. The molecule has 1 fully saturated rings. The summed E-state index contributed by atoms with van der Waals surface area (Å²) in [5.74, 6) is -0.0641. The molecule has 0 radical (unpaired) electrons. The molecule has 0 bridgehead atoms. The fourth-order valence-corrected chi connectivity index (χ4v) is 4.50. The van der Waals surface area contributed by atoms with Crippen LogP contribution in [0, 0.1) is 0 Å². The number of hydrogen-bond acceptors (Lipinski definition) is 10. The standard InChI is InChI=1S/C27H24O10/c1-34-26(33)16-5-3-2-4-15(16)22-17-8-6-13(29)10-19(17)36-20-11-14(7-9-18(20)22)35-27-25(32)24(31)23(30)21(12-28)37-27/h2-11,21,23-25,27-28,30-32H,12H2,1H3/t21-,23+,24+,25-,27-/m1/s1. The van der Waals surface area contributed by atoms with Crippen LogP contribution in [0.25, 0.3) is 33.4 Å². The van der Waals surface area contributed by atoms with Gasteiger partial charge >= 0.3 is 5.97 Å². The highest BCUT2D eigenvalue weighted by Gasteiger charge is 2.44. The van der Waals surface area contributed by atoms with Crippen LogP contribution in [0.1, 0.15) is 10.4 Å². The summed E-state index contributed by atoms with van der Waals surface area (Å²) in [4.78, 5) is 24.6. The Kier molecular flexibility index (Phi) is 6.67. The van der Waals surface area contributed by atoms with E-state index in [0.717, 1.165) is 0 Å². The second-order valence-corrected chi connectivity index (χ2v) is 8.65. The third kappa shape index (κ3) is 4.45. The SMILES string of the molecule is COC(=O)c1ccccc1-c1c2ccc(=O)cc-2oc2cc(O[C@@H]3O[C@H](CO)[C@H](O)[C@H](O)[C@H]3O)ccc12. The Morgan fingerprint density at radius 2 is 1.73 bits per heavy atom. The maximum atomic E-state index is 12.5. The molecule has 10 heteroatoms. The monoisotopic (exact) mass is 508 g/mol.